The van der Waals surface area contributed by atoms with Gasteiger partial charge < -0.3 is 15.2 Å². The summed E-state index contributed by atoms with van der Waals surface area (Å²) in [6.07, 6.45) is 2.51. The van der Waals surface area contributed by atoms with Crippen LogP contribution in [0.4, 0.5) is 4.79 Å². The zero-order valence-corrected chi connectivity index (χ0v) is 10.7. The number of carbonyl (C=O) groups is 1. The minimum atomic E-state index is -0.474. The lowest BCUT2D eigenvalue weighted by molar-refractivity contribution is 0.0425. The summed E-state index contributed by atoms with van der Waals surface area (Å²) in [4.78, 5) is 11.6. The Balaban J connectivity index is 2.51. The first-order valence-corrected chi connectivity index (χ1v) is 5.87. The van der Waals surface area contributed by atoms with Crippen LogP contribution in [0.2, 0.25) is 0 Å². The lowest BCUT2D eigenvalue weighted by Crippen LogP contribution is -2.46. The Morgan fingerprint density at radius 1 is 1.56 bits per heavy atom. The van der Waals surface area contributed by atoms with Crippen molar-refractivity contribution in [3.8, 4) is 0 Å². The largest absolute Gasteiger partial charge is 0.444 e. The molecule has 0 aromatic heterocycles. The van der Waals surface area contributed by atoms with E-state index in [9.17, 15) is 9.90 Å². The Kier molecular flexibility index (Phi) is 3.84. The fraction of sp³-hybridized carbons (Fsp3) is 0.917. The van der Waals surface area contributed by atoms with E-state index >= 15 is 0 Å². The van der Waals surface area contributed by atoms with Crippen molar-refractivity contribution >= 4 is 6.09 Å². The summed E-state index contributed by atoms with van der Waals surface area (Å²) < 4.78 is 5.21. The molecule has 0 aromatic carbocycles. The standard InChI is InChI=1S/C12H23NO3/c1-11(2,3)16-10(15)13-9-6-5-7-12(9,4)8-14/h9,14H,5-8H2,1-4H3,(H,13,15)/t9-,12-/m1/s1. The second kappa shape index (κ2) is 4.62. The molecule has 0 unspecified atom stereocenters. The highest BCUT2D eigenvalue weighted by Gasteiger charge is 2.39. The van der Waals surface area contributed by atoms with Crippen molar-refractivity contribution in [1.82, 2.24) is 5.32 Å². The maximum absolute atomic E-state index is 11.6. The van der Waals surface area contributed by atoms with Crippen LogP contribution in [-0.2, 0) is 4.74 Å². The van der Waals surface area contributed by atoms with Gasteiger partial charge in [0.1, 0.15) is 5.60 Å². The van der Waals surface area contributed by atoms with Gasteiger partial charge in [0.2, 0.25) is 0 Å². The summed E-state index contributed by atoms with van der Waals surface area (Å²) in [7, 11) is 0. The second-order valence-electron chi connectivity index (χ2n) is 5.90. The van der Waals surface area contributed by atoms with E-state index in [0.717, 1.165) is 19.3 Å². The molecule has 1 aliphatic rings. The Morgan fingerprint density at radius 3 is 2.69 bits per heavy atom. The van der Waals surface area contributed by atoms with Gasteiger partial charge in [0.25, 0.3) is 0 Å². The van der Waals surface area contributed by atoms with Gasteiger partial charge in [0.05, 0.1) is 6.61 Å². The summed E-state index contributed by atoms with van der Waals surface area (Å²) in [5.41, 5.74) is -0.671. The third-order valence-corrected chi connectivity index (χ3v) is 3.13. The van der Waals surface area contributed by atoms with Crippen molar-refractivity contribution < 1.29 is 14.6 Å². The van der Waals surface area contributed by atoms with E-state index in [1.807, 2.05) is 27.7 Å². The Hall–Kier alpha value is -0.770. The van der Waals surface area contributed by atoms with Crippen molar-refractivity contribution in [3.63, 3.8) is 0 Å². The number of aliphatic hydroxyl groups excluding tert-OH is 1. The molecule has 0 aromatic rings. The number of hydrogen-bond donors (Lipinski definition) is 2. The number of amides is 1. The predicted molar refractivity (Wildman–Crippen MR) is 62.2 cm³/mol. The molecule has 0 radical (unpaired) electrons. The van der Waals surface area contributed by atoms with Crippen LogP contribution in [0, 0.1) is 5.41 Å². The molecule has 0 spiro atoms. The van der Waals surface area contributed by atoms with E-state index in [1.54, 1.807) is 0 Å². The number of rotatable bonds is 2. The molecule has 1 saturated carbocycles. The molecule has 1 rings (SSSR count). The molecular formula is C12H23NO3. The molecule has 16 heavy (non-hydrogen) atoms. The van der Waals surface area contributed by atoms with E-state index in [2.05, 4.69) is 5.32 Å². The smallest absolute Gasteiger partial charge is 0.407 e. The second-order valence-corrected chi connectivity index (χ2v) is 5.90. The molecular weight excluding hydrogens is 206 g/mol. The number of aliphatic hydroxyl groups is 1. The topological polar surface area (TPSA) is 58.6 Å². The van der Waals surface area contributed by atoms with Gasteiger partial charge in [-0.1, -0.05) is 13.3 Å². The molecule has 0 aliphatic heterocycles. The van der Waals surface area contributed by atoms with E-state index in [0.29, 0.717) is 0 Å². The average molecular weight is 229 g/mol. The molecule has 0 heterocycles. The normalized spacial score (nSPS) is 30.2. The summed E-state index contributed by atoms with van der Waals surface area (Å²) in [5.74, 6) is 0. The quantitative estimate of drug-likeness (QED) is 0.762. The van der Waals surface area contributed by atoms with Crippen molar-refractivity contribution in [1.29, 1.82) is 0 Å². The van der Waals surface area contributed by atoms with Gasteiger partial charge in [-0.15, -0.1) is 0 Å². The van der Waals surface area contributed by atoms with Gasteiger partial charge in [-0.05, 0) is 33.6 Å². The average Bonchev–Trinajstić information content (AvgIpc) is 2.45. The fourth-order valence-electron chi connectivity index (χ4n) is 2.12. The number of alkyl carbamates (subject to hydrolysis) is 1. The van der Waals surface area contributed by atoms with Gasteiger partial charge in [-0.25, -0.2) is 4.79 Å². The molecule has 94 valence electrons. The van der Waals surface area contributed by atoms with Gasteiger partial charge in [-0.3, -0.25) is 0 Å². The predicted octanol–water partition coefficient (Wildman–Crippen LogP) is 2.06. The van der Waals surface area contributed by atoms with Crippen LogP contribution in [0.5, 0.6) is 0 Å². The molecule has 1 aliphatic carbocycles. The van der Waals surface area contributed by atoms with Crippen molar-refractivity contribution in [2.75, 3.05) is 6.61 Å². The van der Waals surface area contributed by atoms with Gasteiger partial charge in [-0.2, -0.15) is 0 Å². The maximum Gasteiger partial charge on any atom is 0.407 e. The lowest BCUT2D eigenvalue weighted by atomic mass is 9.86. The van der Waals surface area contributed by atoms with Crippen molar-refractivity contribution in [2.24, 2.45) is 5.41 Å². The van der Waals surface area contributed by atoms with Gasteiger partial charge >= 0.3 is 6.09 Å². The summed E-state index contributed by atoms with van der Waals surface area (Å²) >= 11 is 0. The highest BCUT2D eigenvalue weighted by molar-refractivity contribution is 5.68. The van der Waals surface area contributed by atoms with E-state index in [1.165, 1.54) is 0 Å². The maximum atomic E-state index is 11.6. The van der Waals surface area contributed by atoms with Crippen molar-refractivity contribution in [2.45, 2.75) is 58.6 Å². The van der Waals surface area contributed by atoms with E-state index < -0.39 is 5.60 Å². The summed E-state index contributed by atoms with van der Waals surface area (Å²) in [6, 6.07) is 0.0207. The Morgan fingerprint density at radius 2 is 2.19 bits per heavy atom. The highest BCUT2D eigenvalue weighted by Crippen LogP contribution is 2.37. The van der Waals surface area contributed by atoms with Crippen LogP contribution >= 0.6 is 0 Å². The number of hydrogen-bond acceptors (Lipinski definition) is 3. The first kappa shape index (κ1) is 13.3. The molecule has 2 atom stereocenters. The first-order valence-electron chi connectivity index (χ1n) is 5.87. The number of ether oxygens (including phenoxy) is 1. The van der Waals surface area contributed by atoms with Crippen LogP contribution < -0.4 is 5.32 Å². The van der Waals surface area contributed by atoms with Crippen LogP contribution in [0.3, 0.4) is 0 Å². The van der Waals surface area contributed by atoms with Crippen LogP contribution in [0.1, 0.15) is 47.0 Å². The van der Waals surface area contributed by atoms with Gasteiger partial charge in [0.15, 0.2) is 0 Å². The number of carbonyl (C=O) groups excluding carboxylic acids is 1. The highest BCUT2D eigenvalue weighted by atomic mass is 16.6. The van der Waals surface area contributed by atoms with Crippen LogP contribution in [0.15, 0.2) is 0 Å². The summed E-state index contributed by atoms with van der Waals surface area (Å²) in [6.45, 7) is 7.63. The zero-order chi connectivity index (χ0) is 12.4. The molecule has 0 bridgehead atoms. The molecule has 2 N–H and O–H groups in total. The number of nitrogens with one attached hydrogen (secondary N) is 1. The monoisotopic (exact) mass is 229 g/mol. The summed E-state index contributed by atoms with van der Waals surface area (Å²) in [5, 5.41) is 12.2. The lowest BCUT2D eigenvalue weighted by Gasteiger charge is -2.31. The van der Waals surface area contributed by atoms with Gasteiger partial charge in [0, 0.05) is 11.5 Å². The fourth-order valence-corrected chi connectivity index (χ4v) is 2.12. The van der Waals surface area contributed by atoms with Crippen LogP contribution in [-0.4, -0.2) is 29.4 Å². The molecule has 1 amide bonds. The minimum Gasteiger partial charge on any atom is -0.444 e. The minimum absolute atomic E-state index is 0.0207. The van der Waals surface area contributed by atoms with Crippen molar-refractivity contribution in [3.05, 3.63) is 0 Å². The Bertz CT molecular complexity index is 259. The third kappa shape index (κ3) is 3.37. The SMILES string of the molecule is CC(C)(C)OC(=O)N[C@@H]1CCC[C@]1(C)CO. The Labute approximate surface area is 97.4 Å². The zero-order valence-electron chi connectivity index (χ0n) is 10.7. The van der Waals surface area contributed by atoms with Crippen LogP contribution in [0.25, 0.3) is 0 Å². The van der Waals surface area contributed by atoms with E-state index in [4.69, 9.17) is 4.74 Å². The molecule has 4 heteroatoms. The third-order valence-electron chi connectivity index (χ3n) is 3.13. The molecule has 1 fully saturated rings. The molecule has 0 saturated heterocycles. The van der Waals surface area contributed by atoms with E-state index in [-0.39, 0.29) is 24.2 Å². The first-order chi connectivity index (χ1) is 7.27. The molecule has 4 nitrogen and oxygen atoms in total.